The SMILES string of the molecule is CC.Cc1ccccc1NC(=O)Nc1ccc(CC(=O)NCc2cccc(OCCCC(=O)O)c2)cc1. The quantitative estimate of drug-likeness (QED) is 0.247. The first kappa shape index (κ1) is 28.9. The number of hydrogen-bond acceptors (Lipinski definition) is 4. The van der Waals surface area contributed by atoms with Crippen molar-refractivity contribution in [3.05, 3.63) is 89.5 Å². The number of carboxylic acids is 1. The molecular formula is C29H35N3O5. The Hall–Kier alpha value is -4.33. The number of aryl methyl sites for hydroxylation is 1. The lowest BCUT2D eigenvalue weighted by Crippen LogP contribution is -2.24. The lowest BCUT2D eigenvalue weighted by atomic mass is 10.1. The molecule has 8 nitrogen and oxygen atoms in total. The van der Waals surface area contributed by atoms with Crippen LogP contribution in [0.15, 0.2) is 72.8 Å². The van der Waals surface area contributed by atoms with Crippen molar-refractivity contribution >= 4 is 29.3 Å². The molecule has 0 heterocycles. The lowest BCUT2D eigenvalue weighted by molar-refractivity contribution is -0.137. The molecule has 37 heavy (non-hydrogen) atoms. The van der Waals surface area contributed by atoms with Gasteiger partial charge in [-0.1, -0.05) is 56.3 Å². The molecule has 196 valence electrons. The van der Waals surface area contributed by atoms with Crippen molar-refractivity contribution in [3.8, 4) is 5.75 Å². The van der Waals surface area contributed by atoms with Gasteiger partial charge in [-0.25, -0.2) is 4.79 Å². The van der Waals surface area contributed by atoms with Crippen LogP contribution >= 0.6 is 0 Å². The molecule has 0 aliphatic carbocycles. The van der Waals surface area contributed by atoms with E-state index in [4.69, 9.17) is 9.84 Å². The summed E-state index contributed by atoms with van der Waals surface area (Å²) >= 11 is 0. The summed E-state index contributed by atoms with van der Waals surface area (Å²) in [6.45, 7) is 6.59. The number of benzene rings is 3. The van der Waals surface area contributed by atoms with Crippen LogP contribution in [0.3, 0.4) is 0 Å². The second-order valence-corrected chi connectivity index (χ2v) is 8.04. The third-order valence-corrected chi connectivity index (χ3v) is 5.16. The standard InChI is InChI=1S/C27H29N3O5.C2H6/c1-19-6-2-3-9-24(19)30-27(34)29-22-13-11-20(12-14-22)17-25(31)28-18-21-7-4-8-23(16-21)35-15-5-10-26(32)33;1-2/h2-4,6-9,11-14,16H,5,10,15,17-18H2,1H3,(H,28,31)(H,32,33)(H2,29,30,34);1-2H3. The zero-order chi connectivity index (χ0) is 27.0. The Bertz CT molecular complexity index is 1160. The molecule has 0 unspecified atom stereocenters. The molecular weight excluding hydrogens is 470 g/mol. The summed E-state index contributed by atoms with van der Waals surface area (Å²) in [4.78, 5) is 35.1. The van der Waals surface area contributed by atoms with Gasteiger partial charge in [0, 0.05) is 24.3 Å². The van der Waals surface area contributed by atoms with Crippen molar-refractivity contribution in [2.75, 3.05) is 17.2 Å². The predicted molar refractivity (Wildman–Crippen MR) is 146 cm³/mol. The van der Waals surface area contributed by atoms with Crippen molar-refractivity contribution in [3.63, 3.8) is 0 Å². The highest BCUT2D eigenvalue weighted by atomic mass is 16.5. The van der Waals surface area contributed by atoms with Crippen LogP contribution in [0.5, 0.6) is 5.75 Å². The average Bonchev–Trinajstić information content (AvgIpc) is 2.89. The molecule has 0 aromatic heterocycles. The number of rotatable bonds is 11. The highest BCUT2D eigenvalue weighted by Gasteiger charge is 2.07. The number of nitrogens with one attached hydrogen (secondary N) is 3. The number of amides is 3. The number of ether oxygens (including phenoxy) is 1. The number of carbonyl (C=O) groups excluding carboxylic acids is 2. The maximum atomic E-state index is 12.4. The lowest BCUT2D eigenvalue weighted by Gasteiger charge is -2.11. The van der Waals surface area contributed by atoms with Crippen molar-refractivity contribution in [2.45, 2.75) is 46.6 Å². The second-order valence-electron chi connectivity index (χ2n) is 8.04. The Balaban J connectivity index is 0.00000235. The summed E-state index contributed by atoms with van der Waals surface area (Å²) in [6, 6.07) is 21.6. The fraction of sp³-hybridized carbons (Fsp3) is 0.276. The van der Waals surface area contributed by atoms with Gasteiger partial charge in [-0.3, -0.25) is 9.59 Å². The van der Waals surface area contributed by atoms with Gasteiger partial charge < -0.3 is 25.8 Å². The molecule has 0 bridgehead atoms. The maximum absolute atomic E-state index is 12.4. The van der Waals surface area contributed by atoms with Crippen LogP contribution in [-0.4, -0.2) is 29.6 Å². The van der Waals surface area contributed by atoms with Gasteiger partial charge in [0.15, 0.2) is 0 Å². The zero-order valence-corrected chi connectivity index (χ0v) is 21.5. The minimum Gasteiger partial charge on any atom is -0.494 e. The van der Waals surface area contributed by atoms with E-state index < -0.39 is 5.97 Å². The molecule has 4 N–H and O–H groups in total. The second kappa shape index (κ2) is 15.6. The molecule has 0 spiro atoms. The van der Waals surface area contributed by atoms with Gasteiger partial charge in [0.05, 0.1) is 13.0 Å². The summed E-state index contributed by atoms with van der Waals surface area (Å²) in [5, 5.41) is 17.2. The maximum Gasteiger partial charge on any atom is 0.323 e. The summed E-state index contributed by atoms with van der Waals surface area (Å²) in [6.07, 6.45) is 0.705. The topological polar surface area (TPSA) is 117 Å². The number of carbonyl (C=O) groups is 3. The molecule has 3 aromatic rings. The predicted octanol–water partition coefficient (Wildman–Crippen LogP) is 5.77. The van der Waals surface area contributed by atoms with Gasteiger partial charge in [-0.2, -0.15) is 0 Å². The van der Waals surface area contributed by atoms with Crippen LogP contribution in [0.2, 0.25) is 0 Å². The van der Waals surface area contributed by atoms with Crippen LogP contribution in [0.25, 0.3) is 0 Å². The van der Waals surface area contributed by atoms with Crippen molar-refractivity contribution < 1.29 is 24.2 Å². The van der Waals surface area contributed by atoms with Crippen molar-refractivity contribution in [1.82, 2.24) is 5.32 Å². The van der Waals surface area contributed by atoms with E-state index in [9.17, 15) is 14.4 Å². The number of anilines is 2. The minimum atomic E-state index is -0.848. The Morgan fingerprint density at radius 1 is 0.865 bits per heavy atom. The fourth-order valence-corrected chi connectivity index (χ4v) is 3.31. The summed E-state index contributed by atoms with van der Waals surface area (Å²) in [7, 11) is 0. The van der Waals surface area contributed by atoms with E-state index in [1.807, 2.05) is 63.2 Å². The molecule has 0 fully saturated rings. The third kappa shape index (κ3) is 10.9. The number of carboxylic acid groups (broad SMARTS) is 1. The highest BCUT2D eigenvalue weighted by molar-refractivity contribution is 6.00. The molecule has 3 amide bonds. The van der Waals surface area contributed by atoms with Crippen LogP contribution in [0.1, 0.15) is 43.4 Å². The number of urea groups is 1. The van der Waals surface area contributed by atoms with Gasteiger partial charge in [0.2, 0.25) is 5.91 Å². The Labute approximate surface area is 218 Å². The smallest absolute Gasteiger partial charge is 0.323 e. The van der Waals surface area contributed by atoms with Gasteiger partial charge in [0.25, 0.3) is 0 Å². The van der Waals surface area contributed by atoms with E-state index in [0.717, 1.165) is 22.4 Å². The minimum absolute atomic E-state index is 0.0629. The van der Waals surface area contributed by atoms with E-state index >= 15 is 0 Å². The first-order valence-electron chi connectivity index (χ1n) is 12.3. The molecule has 0 saturated carbocycles. The molecule has 0 aliphatic heterocycles. The first-order chi connectivity index (χ1) is 17.9. The van der Waals surface area contributed by atoms with E-state index in [1.165, 1.54) is 0 Å². The molecule has 3 aromatic carbocycles. The molecule has 0 radical (unpaired) electrons. The van der Waals surface area contributed by atoms with Crippen LogP contribution < -0.4 is 20.7 Å². The zero-order valence-electron chi connectivity index (χ0n) is 21.5. The molecule has 0 aliphatic rings. The van der Waals surface area contributed by atoms with E-state index in [0.29, 0.717) is 31.0 Å². The molecule has 0 saturated heterocycles. The fourth-order valence-electron chi connectivity index (χ4n) is 3.31. The Kier molecular flexibility index (Phi) is 12.2. The van der Waals surface area contributed by atoms with Crippen molar-refractivity contribution in [1.29, 1.82) is 0 Å². The number of aliphatic carboxylic acids is 1. The van der Waals surface area contributed by atoms with Gasteiger partial charge in [-0.05, 0) is 60.4 Å². The highest BCUT2D eigenvalue weighted by Crippen LogP contribution is 2.16. The summed E-state index contributed by atoms with van der Waals surface area (Å²) in [5.74, 6) is -0.341. The van der Waals surface area contributed by atoms with Gasteiger partial charge >= 0.3 is 12.0 Å². The number of hydrogen-bond donors (Lipinski definition) is 4. The monoisotopic (exact) mass is 505 g/mol. The third-order valence-electron chi connectivity index (χ3n) is 5.16. The first-order valence-corrected chi connectivity index (χ1v) is 12.3. The normalized spacial score (nSPS) is 9.92. The number of para-hydroxylation sites is 1. The Morgan fingerprint density at radius 2 is 1.59 bits per heavy atom. The molecule has 8 heteroatoms. The molecule has 0 atom stereocenters. The van der Waals surface area contributed by atoms with Crippen LogP contribution in [0, 0.1) is 6.92 Å². The summed E-state index contributed by atoms with van der Waals surface area (Å²) in [5.41, 5.74) is 4.05. The molecule has 3 rings (SSSR count). The van der Waals surface area contributed by atoms with Crippen LogP contribution in [-0.2, 0) is 22.6 Å². The van der Waals surface area contributed by atoms with E-state index in [2.05, 4.69) is 16.0 Å². The Morgan fingerprint density at radius 3 is 2.30 bits per heavy atom. The van der Waals surface area contributed by atoms with E-state index in [-0.39, 0.29) is 24.8 Å². The average molecular weight is 506 g/mol. The van der Waals surface area contributed by atoms with Gasteiger partial charge in [-0.15, -0.1) is 0 Å². The van der Waals surface area contributed by atoms with Crippen molar-refractivity contribution in [2.24, 2.45) is 0 Å². The van der Waals surface area contributed by atoms with Gasteiger partial charge in [0.1, 0.15) is 5.75 Å². The van der Waals surface area contributed by atoms with E-state index in [1.54, 1.807) is 30.3 Å². The largest absolute Gasteiger partial charge is 0.494 e. The van der Waals surface area contributed by atoms with Crippen LogP contribution in [0.4, 0.5) is 16.2 Å². The summed E-state index contributed by atoms with van der Waals surface area (Å²) < 4.78 is 5.57.